The molecule has 0 aliphatic heterocycles. The number of anilines is 2. The number of rotatable bonds is 8. The van der Waals surface area contributed by atoms with Crippen molar-refractivity contribution in [1.82, 2.24) is 15.5 Å². The largest absolute Gasteiger partial charge is 0.497 e. The Morgan fingerprint density at radius 1 is 0.912 bits per heavy atom. The number of methoxy groups -OCH3 is 1. The number of carbonyl (C=O) groups excluding carboxylic acids is 2. The van der Waals surface area contributed by atoms with Gasteiger partial charge in [-0.25, -0.2) is 4.79 Å². The molecule has 4 aromatic rings. The highest BCUT2D eigenvalue weighted by molar-refractivity contribution is 7.18. The van der Waals surface area contributed by atoms with E-state index >= 15 is 0 Å². The molecule has 9 heteroatoms. The smallest absolute Gasteiger partial charge is 0.319 e. The van der Waals surface area contributed by atoms with Crippen LogP contribution in [0.3, 0.4) is 0 Å². The predicted molar refractivity (Wildman–Crippen MR) is 133 cm³/mol. The number of amides is 3. The third-order valence-corrected chi connectivity index (χ3v) is 5.80. The maximum absolute atomic E-state index is 13.1. The molecule has 172 valence electrons. The first-order valence-electron chi connectivity index (χ1n) is 10.6. The fourth-order valence-electron chi connectivity index (χ4n) is 3.25. The number of nitrogens with one attached hydrogen (secondary N) is 3. The molecule has 0 aliphatic carbocycles. The van der Waals surface area contributed by atoms with Crippen LogP contribution in [0.15, 0.2) is 84.9 Å². The number of hydrogen-bond acceptors (Lipinski definition) is 6. The topological polar surface area (TPSA) is 105 Å². The van der Waals surface area contributed by atoms with E-state index in [1.165, 1.54) is 11.3 Å². The molecule has 0 aliphatic rings. The molecule has 1 unspecified atom stereocenters. The molecule has 0 saturated heterocycles. The summed E-state index contributed by atoms with van der Waals surface area (Å²) < 4.78 is 5.19. The zero-order valence-electron chi connectivity index (χ0n) is 18.4. The second kappa shape index (κ2) is 11.1. The Morgan fingerprint density at radius 3 is 2.38 bits per heavy atom. The average molecular weight is 474 g/mol. The van der Waals surface area contributed by atoms with Gasteiger partial charge in [-0.15, -0.1) is 10.2 Å². The third-order valence-electron chi connectivity index (χ3n) is 4.91. The van der Waals surface area contributed by atoms with Crippen LogP contribution in [0.5, 0.6) is 5.75 Å². The lowest BCUT2D eigenvalue weighted by Crippen LogP contribution is -2.46. The summed E-state index contributed by atoms with van der Waals surface area (Å²) in [5.41, 5.74) is 2.37. The number of aromatic nitrogens is 2. The molecule has 0 saturated carbocycles. The standard InChI is InChI=1S/C25H23N5O3S/c1-33-20-14-8-13-19(16-20)26-24(32)27-21(15-17-9-4-2-5-10-17)22(31)28-25-30-29-23(34-25)18-11-6-3-7-12-18/h2-14,16,21H,15H2,1H3,(H2,26,27,32)(H,28,30,31). The number of carbonyl (C=O) groups is 2. The zero-order chi connectivity index (χ0) is 23.8. The van der Waals surface area contributed by atoms with Crippen molar-refractivity contribution in [2.75, 3.05) is 17.7 Å². The Labute approximate surface area is 201 Å². The number of urea groups is 1. The maximum Gasteiger partial charge on any atom is 0.319 e. The van der Waals surface area contributed by atoms with Gasteiger partial charge in [0.1, 0.15) is 16.8 Å². The summed E-state index contributed by atoms with van der Waals surface area (Å²) >= 11 is 1.27. The second-order valence-electron chi connectivity index (χ2n) is 7.34. The van der Waals surface area contributed by atoms with Crippen LogP contribution in [-0.4, -0.2) is 35.3 Å². The lowest BCUT2D eigenvalue weighted by Gasteiger charge is -2.18. The van der Waals surface area contributed by atoms with E-state index in [0.717, 1.165) is 11.1 Å². The van der Waals surface area contributed by atoms with Gasteiger partial charge in [-0.3, -0.25) is 10.1 Å². The van der Waals surface area contributed by atoms with Crippen molar-refractivity contribution >= 4 is 34.1 Å². The minimum absolute atomic E-state index is 0.308. The molecule has 8 nitrogen and oxygen atoms in total. The predicted octanol–water partition coefficient (Wildman–Crippen LogP) is 4.59. The summed E-state index contributed by atoms with van der Waals surface area (Å²) in [6.45, 7) is 0. The summed E-state index contributed by atoms with van der Waals surface area (Å²) in [5, 5.41) is 17.6. The molecule has 1 atom stereocenters. The molecule has 0 fully saturated rings. The summed E-state index contributed by atoms with van der Waals surface area (Å²) in [7, 11) is 1.55. The van der Waals surface area contributed by atoms with Crippen molar-refractivity contribution in [3.8, 4) is 16.3 Å². The Balaban J connectivity index is 1.47. The van der Waals surface area contributed by atoms with Crippen molar-refractivity contribution in [2.24, 2.45) is 0 Å². The molecular formula is C25H23N5O3S. The molecule has 4 rings (SSSR count). The van der Waals surface area contributed by atoms with Crippen LogP contribution in [0.4, 0.5) is 15.6 Å². The molecule has 0 bridgehead atoms. The highest BCUT2D eigenvalue weighted by Gasteiger charge is 2.23. The lowest BCUT2D eigenvalue weighted by atomic mass is 10.1. The van der Waals surface area contributed by atoms with Gasteiger partial charge in [0, 0.05) is 23.7 Å². The Kier molecular flexibility index (Phi) is 7.46. The van der Waals surface area contributed by atoms with E-state index in [2.05, 4.69) is 26.1 Å². The number of nitrogens with zero attached hydrogens (tertiary/aromatic N) is 2. The number of ether oxygens (including phenoxy) is 1. The first-order chi connectivity index (χ1) is 16.6. The molecule has 3 N–H and O–H groups in total. The molecule has 0 spiro atoms. The van der Waals surface area contributed by atoms with Crippen molar-refractivity contribution in [2.45, 2.75) is 12.5 Å². The van der Waals surface area contributed by atoms with Gasteiger partial charge in [0.05, 0.1) is 7.11 Å². The van der Waals surface area contributed by atoms with Crippen molar-refractivity contribution < 1.29 is 14.3 Å². The van der Waals surface area contributed by atoms with Gasteiger partial charge in [-0.1, -0.05) is 78.1 Å². The van der Waals surface area contributed by atoms with Crippen LogP contribution in [0.2, 0.25) is 0 Å². The highest BCUT2D eigenvalue weighted by Crippen LogP contribution is 2.26. The van der Waals surface area contributed by atoms with Gasteiger partial charge >= 0.3 is 6.03 Å². The quantitative estimate of drug-likeness (QED) is 0.347. The first-order valence-corrected chi connectivity index (χ1v) is 11.4. The van der Waals surface area contributed by atoms with Gasteiger partial charge in [0.2, 0.25) is 11.0 Å². The maximum atomic E-state index is 13.1. The van der Waals surface area contributed by atoms with E-state index in [1.807, 2.05) is 60.7 Å². The van der Waals surface area contributed by atoms with Gasteiger partial charge in [-0.2, -0.15) is 0 Å². The first kappa shape index (κ1) is 22.9. The van der Waals surface area contributed by atoms with Crippen molar-refractivity contribution in [3.63, 3.8) is 0 Å². The van der Waals surface area contributed by atoms with E-state index in [-0.39, 0.29) is 5.91 Å². The molecule has 3 amide bonds. The summed E-state index contributed by atoms with van der Waals surface area (Å²) in [4.78, 5) is 25.8. The van der Waals surface area contributed by atoms with E-state index in [0.29, 0.717) is 28.0 Å². The van der Waals surface area contributed by atoms with Crippen LogP contribution >= 0.6 is 11.3 Å². The summed E-state index contributed by atoms with van der Waals surface area (Å²) in [5.74, 6) is 0.224. The van der Waals surface area contributed by atoms with Gasteiger partial charge in [0.25, 0.3) is 0 Å². The average Bonchev–Trinajstić information content (AvgIpc) is 3.33. The van der Waals surface area contributed by atoms with Crippen LogP contribution in [0, 0.1) is 0 Å². The van der Waals surface area contributed by atoms with Crippen molar-refractivity contribution in [1.29, 1.82) is 0 Å². The molecule has 34 heavy (non-hydrogen) atoms. The zero-order valence-corrected chi connectivity index (χ0v) is 19.2. The van der Waals surface area contributed by atoms with E-state index in [1.54, 1.807) is 31.4 Å². The fraction of sp³-hybridized carbons (Fsp3) is 0.120. The molecule has 1 aromatic heterocycles. The Morgan fingerprint density at radius 2 is 1.65 bits per heavy atom. The van der Waals surface area contributed by atoms with Crippen molar-refractivity contribution in [3.05, 3.63) is 90.5 Å². The van der Waals surface area contributed by atoms with Gasteiger partial charge in [0.15, 0.2) is 0 Å². The van der Waals surface area contributed by atoms with Crippen LogP contribution in [0.25, 0.3) is 10.6 Å². The minimum atomic E-state index is -0.836. The normalized spacial score (nSPS) is 11.3. The fourth-order valence-corrected chi connectivity index (χ4v) is 4.00. The molecule has 3 aromatic carbocycles. The van der Waals surface area contributed by atoms with E-state index in [9.17, 15) is 9.59 Å². The van der Waals surface area contributed by atoms with Gasteiger partial charge in [-0.05, 0) is 17.7 Å². The number of benzene rings is 3. The Hall–Kier alpha value is -4.24. The Bertz CT molecular complexity index is 1250. The molecule has 0 radical (unpaired) electrons. The van der Waals surface area contributed by atoms with E-state index in [4.69, 9.17) is 4.74 Å². The monoisotopic (exact) mass is 473 g/mol. The van der Waals surface area contributed by atoms with Crippen LogP contribution in [0.1, 0.15) is 5.56 Å². The lowest BCUT2D eigenvalue weighted by molar-refractivity contribution is -0.117. The molecular weight excluding hydrogens is 450 g/mol. The van der Waals surface area contributed by atoms with Crippen LogP contribution in [-0.2, 0) is 11.2 Å². The number of hydrogen-bond donors (Lipinski definition) is 3. The summed E-state index contributed by atoms with van der Waals surface area (Å²) in [6.07, 6.45) is 0.308. The van der Waals surface area contributed by atoms with Gasteiger partial charge < -0.3 is 15.4 Å². The minimum Gasteiger partial charge on any atom is -0.497 e. The highest BCUT2D eigenvalue weighted by atomic mass is 32.1. The second-order valence-corrected chi connectivity index (χ2v) is 8.32. The van der Waals surface area contributed by atoms with Crippen LogP contribution < -0.4 is 20.7 Å². The summed E-state index contributed by atoms with van der Waals surface area (Å²) in [6, 6.07) is 24.7. The van der Waals surface area contributed by atoms with E-state index < -0.39 is 12.1 Å². The SMILES string of the molecule is COc1cccc(NC(=O)NC(Cc2ccccc2)C(=O)Nc2nnc(-c3ccccc3)s2)c1. The molecule has 1 heterocycles. The third kappa shape index (κ3) is 6.17.